The maximum atomic E-state index is 15.8. The molecule has 0 saturated carbocycles. The van der Waals surface area contributed by atoms with Crippen molar-refractivity contribution < 1.29 is 56.7 Å². The average molecular weight is 659 g/mol. The fourth-order valence-electron chi connectivity index (χ4n) is 7.16. The van der Waals surface area contributed by atoms with Crippen molar-refractivity contribution >= 4 is 23.6 Å². The van der Waals surface area contributed by atoms with Crippen LogP contribution in [0.3, 0.4) is 0 Å². The van der Waals surface area contributed by atoms with Crippen LogP contribution in [0.25, 0.3) is 0 Å². The number of Topliss-reactive ketones (excluding diaryl/α,β-unsaturated/α-hetero) is 2. The summed E-state index contributed by atoms with van der Waals surface area (Å²) >= 11 is 0. The summed E-state index contributed by atoms with van der Waals surface area (Å²) in [5, 5.41) is 13.8. The Morgan fingerprint density at radius 3 is 2.30 bits per heavy atom. The van der Waals surface area contributed by atoms with Crippen LogP contribution in [-0.4, -0.2) is 114 Å². The van der Waals surface area contributed by atoms with E-state index in [1.54, 1.807) is 39.8 Å². The second-order valence-electron chi connectivity index (χ2n) is 13.5. The van der Waals surface area contributed by atoms with Crippen LogP contribution in [-0.2, 0) is 38.1 Å². The number of terminal acetylenes is 1. The van der Waals surface area contributed by atoms with Gasteiger partial charge >= 0.3 is 18.0 Å². The summed E-state index contributed by atoms with van der Waals surface area (Å²) in [4.78, 5) is 54.9. The zero-order valence-electron chi connectivity index (χ0n) is 28.0. The van der Waals surface area contributed by atoms with Crippen molar-refractivity contribution in [3.8, 4) is 12.3 Å². The second-order valence-corrected chi connectivity index (χ2v) is 13.5. The van der Waals surface area contributed by atoms with E-state index in [-0.39, 0.29) is 25.2 Å². The molecule has 0 aromatic carbocycles. The number of ketones is 2. The van der Waals surface area contributed by atoms with E-state index in [2.05, 4.69) is 11.2 Å². The Morgan fingerprint density at radius 2 is 1.74 bits per heavy atom. The highest BCUT2D eigenvalue weighted by Crippen LogP contribution is 2.41. The number of hydrogen-bond acceptors (Lipinski definition) is 11. The number of amides is 1. The lowest BCUT2D eigenvalue weighted by Crippen LogP contribution is -2.61. The number of nitrogens with one attached hydrogen (secondary N) is 1. The third kappa shape index (κ3) is 7.23. The lowest BCUT2D eigenvalue weighted by Gasteiger charge is -2.47. The van der Waals surface area contributed by atoms with Crippen LogP contribution >= 0.6 is 0 Å². The average Bonchev–Trinajstić information content (AvgIpc) is 3.30. The molecule has 2 N–H and O–H groups in total. The van der Waals surface area contributed by atoms with Gasteiger partial charge in [0.1, 0.15) is 24.6 Å². The molecule has 3 heterocycles. The predicted octanol–water partition coefficient (Wildman–Crippen LogP) is 2.48. The fraction of sp³-hybridized carbons (Fsp3) is 0.812. The zero-order chi connectivity index (χ0) is 34.9. The van der Waals surface area contributed by atoms with Gasteiger partial charge in [0.2, 0.25) is 5.78 Å². The van der Waals surface area contributed by atoms with Gasteiger partial charge < -0.3 is 39.0 Å². The van der Waals surface area contributed by atoms with E-state index >= 15 is 8.78 Å². The summed E-state index contributed by atoms with van der Waals surface area (Å²) < 4.78 is 60.5. The molecule has 1 amide bonds. The highest BCUT2D eigenvalue weighted by molar-refractivity contribution is 6.06. The van der Waals surface area contributed by atoms with Gasteiger partial charge in [0.05, 0.1) is 29.8 Å². The van der Waals surface area contributed by atoms with Crippen LogP contribution < -0.4 is 5.32 Å². The quantitative estimate of drug-likeness (QED) is 0.246. The van der Waals surface area contributed by atoms with E-state index in [1.807, 2.05) is 0 Å². The number of rotatable bonds is 6. The first kappa shape index (κ1) is 37.8. The molecule has 260 valence electrons. The number of halogens is 2. The Hall–Kier alpha value is -2.70. The Balaban J connectivity index is 2.18. The first-order chi connectivity index (χ1) is 21.2. The van der Waals surface area contributed by atoms with Gasteiger partial charge in [-0.25, -0.2) is 9.59 Å². The van der Waals surface area contributed by atoms with E-state index < -0.39 is 95.5 Å². The molecule has 0 aromatic heterocycles. The molecular weight excluding hydrogens is 610 g/mol. The number of nitrogens with zero attached hydrogens (tertiary/aromatic N) is 1. The molecule has 3 aliphatic rings. The van der Waals surface area contributed by atoms with Crippen molar-refractivity contribution in [3.63, 3.8) is 0 Å². The summed E-state index contributed by atoms with van der Waals surface area (Å²) in [7, 11) is 3.51. The Kier molecular flexibility index (Phi) is 11.6. The van der Waals surface area contributed by atoms with E-state index in [4.69, 9.17) is 30.1 Å². The Labute approximate surface area is 269 Å². The SMILES string of the molecule is C#CCO[C@@]1(C)C[C@@H](C)C(=O)[C@H](C)[C@H]2NC(=O)O[C@]2(C)[C@@H](CC)OC(=O)C(F)(F)C(=O)[C@H](C)[C@H]1O[C@@H]1O[C@H](C)C[C@H](N(C)C)[C@H]1O. The molecule has 0 aromatic rings. The number of cyclic esters (lactones) is 1. The van der Waals surface area contributed by atoms with E-state index in [1.165, 1.54) is 20.8 Å². The largest absolute Gasteiger partial charge is 0.453 e. The van der Waals surface area contributed by atoms with E-state index in [9.17, 15) is 24.3 Å². The molecule has 3 rings (SSSR count). The van der Waals surface area contributed by atoms with Gasteiger partial charge in [-0.15, -0.1) is 6.42 Å². The minimum Gasteiger partial charge on any atom is -0.453 e. The number of hydrogen-bond donors (Lipinski definition) is 2. The van der Waals surface area contributed by atoms with Crippen LogP contribution in [0.15, 0.2) is 0 Å². The number of alkyl halides is 2. The normalized spacial score (nSPS) is 42.3. The van der Waals surface area contributed by atoms with Crippen molar-refractivity contribution in [1.82, 2.24) is 10.2 Å². The van der Waals surface area contributed by atoms with Crippen LogP contribution in [0.5, 0.6) is 0 Å². The highest BCUT2D eigenvalue weighted by atomic mass is 19.3. The monoisotopic (exact) mass is 658 g/mol. The van der Waals surface area contributed by atoms with Gasteiger partial charge in [0, 0.05) is 17.9 Å². The van der Waals surface area contributed by atoms with Crippen LogP contribution in [0.4, 0.5) is 13.6 Å². The third-order valence-electron chi connectivity index (χ3n) is 9.69. The first-order valence-corrected chi connectivity index (χ1v) is 15.6. The highest BCUT2D eigenvalue weighted by Gasteiger charge is 2.61. The molecule has 46 heavy (non-hydrogen) atoms. The van der Waals surface area contributed by atoms with Gasteiger partial charge in [0.25, 0.3) is 0 Å². The smallest absolute Gasteiger partial charge is 0.408 e. The molecule has 3 saturated heterocycles. The summed E-state index contributed by atoms with van der Waals surface area (Å²) in [5.74, 6) is -10.3. The Morgan fingerprint density at radius 1 is 1.11 bits per heavy atom. The van der Waals surface area contributed by atoms with Gasteiger partial charge in [0.15, 0.2) is 11.9 Å². The van der Waals surface area contributed by atoms with E-state index in [0.29, 0.717) is 6.42 Å². The van der Waals surface area contributed by atoms with Gasteiger partial charge in [-0.05, 0) is 54.1 Å². The van der Waals surface area contributed by atoms with Crippen molar-refractivity contribution in [2.45, 2.75) is 128 Å². The van der Waals surface area contributed by atoms with Gasteiger partial charge in [-0.3, -0.25) is 9.59 Å². The summed E-state index contributed by atoms with van der Waals surface area (Å²) in [6.45, 7) is 10.1. The molecule has 0 spiro atoms. The molecule has 14 heteroatoms. The molecule has 0 aliphatic carbocycles. The lowest BCUT2D eigenvalue weighted by molar-refractivity contribution is -0.297. The number of aliphatic hydroxyl groups excluding tert-OH is 1. The predicted molar refractivity (Wildman–Crippen MR) is 160 cm³/mol. The summed E-state index contributed by atoms with van der Waals surface area (Å²) in [6, 6.07) is -1.52. The number of ether oxygens (including phenoxy) is 5. The fourth-order valence-corrected chi connectivity index (χ4v) is 7.16. The summed E-state index contributed by atoms with van der Waals surface area (Å²) in [5.41, 5.74) is -3.42. The summed E-state index contributed by atoms with van der Waals surface area (Å²) in [6.07, 6.45) is -1.36. The molecule has 3 aliphatic heterocycles. The number of alkyl carbamates (subject to hydrolysis) is 1. The van der Waals surface area contributed by atoms with Crippen molar-refractivity contribution in [1.29, 1.82) is 0 Å². The molecule has 3 fully saturated rings. The minimum absolute atomic E-state index is 0.0736. The number of carbonyl (C=O) groups excluding carboxylic acids is 4. The lowest BCUT2D eigenvalue weighted by atomic mass is 9.74. The number of fused-ring (bicyclic) bond motifs is 1. The maximum absolute atomic E-state index is 15.8. The van der Waals surface area contributed by atoms with Crippen molar-refractivity contribution in [3.05, 3.63) is 0 Å². The third-order valence-corrected chi connectivity index (χ3v) is 9.69. The second kappa shape index (κ2) is 14.2. The molecular formula is C32H48F2N2O10. The van der Waals surface area contributed by atoms with Crippen LogP contribution in [0.2, 0.25) is 0 Å². The minimum atomic E-state index is -4.67. The van der Waals surface area contributed by atoms with Crippen LogP contribution in [0, 0.1) is 30.1 Å². The van der Waals surface area contributed by atoms with Crippen molar-refractivity contribution in [2.24, 2.45) is 17.8 Å². The Bertz CT molecular complexity index is 1210. The maximum Gasteiger partial charge on any atom is 0.408 e. The van der Waals surface area contributed by atoms with Gasteiger partial charge in [-0.1, -0.05) is 33.6 Å². The molecule has 0 unspecified atom stereocenters. The standard InChI is InChI=1S/C32H48F2N2O10/c1-11-13-42-30(7)15-16(3)22(37)18(5)24-31(8,46-29(41)35-24)21(12-2)44-28(40)32(33,34)25(39)19(6)26(30)45-27-23(38)20(36(9)10)14-17(4)43-27/h1,16-21,23-24,26-27,38H,12-15H2,2-10H3,(H,35,41)/t16-,17-,18+,19+,20+,21-,23-,24-,26-,27+,30+,31-/m1/s1. The number of carbonyl (C=O) groups is 4. The van der Waals surface area contributed by atoms with E-state index in [0.717, 1.165) is 6.92 Å². The number of esters is 1. The molecule has 12 atom stereocenters. The first-order valence-electron chi connectivity index (χ1n) is 15.6. The topological polar surface area (TPSA) is 150 Å². The number of likely N-dealkylation sites (N-methyl/N-ethyl adjacent to an activating group) is 1. The van der Waals surface area contributed by atoms with Crippen LogP contribution in [0.1, 0.15) is 67.7 Å². The van der Waals surface area contributed by atoms with Gasteiger partial charge in [-0.2, -0.15) is 8.78 Å². The molecule has 0 radical (unpaired) electrons. The molecule has 0 bridgehead atoms. The zero-order valence-corrected chi connectivity index (χ0v) is 28.0. The van der Waals surface area contributed by atoms with Crippen molar-refractivity contribution in [2.75, 3.05) is 20.7 Å². The molecule has 12 nitrogen and oxygen atoms in total. The number of aliphatic hydroxyl groups is 1.